The number of thioether (sulfide) groups is 1. The van der Waals surface area contributed by atoms with Gasteiger partial charge in [0.05, 0.1) is 18.9 Å². The lowest BCUT2D eigenvalue weighted by Crippen LogP contribution is -2.34. The first-order chi connectivity index (χ1) is 15.1. The van der Waals surface area contributed by atoms with E-state index in [1.54, 1.807) is 11.7 Å². The summed E-state index contributed by atoms with van der Waals surface area (Å²) in [6, 6.07) is 10.2. The van der Waals surface area contributed by atoms with E-state index in [0.29, 0.717) is 29.3 Å². The lowest BCUT2D eigenvalue weighted by atomic mass is 10.1. The van der Waals surface area contributed by atoms with Crippen LogP contribution in [0.2, 0.25) is 0 Å². The van der Waals surface area contributed by atoms with Gasteiger partial charge in [0.15, 0.2) is 5.16 Å². The third-order valence-electron chi connectivity index (χ3n) is 5.70. The van der Waals surface area contributed by atoms with E-state index in [2.05, 4.69) is 5.32 Å². The van der Waals surface area contributed by atoms with Crippen molar-refractivity contribution >= 4 is 28.7 Å². The van der Waals surface area contributed by atoms with Gasteiger partial charge in [-0.15, -0.1) is 0 Å². The molecule has 0 radical (unpaired) electrons. The zero-order valence-corrected chi connectivity index (χ0v) is 18.8. The molecule has 0 atom stereocenters. The molecule has 3 aromatic rings. The maximum absolute atomic E-state index is 13.4. The van der Waals surface area contributed by atoms with Crippen molar-refractivity contribution in [1.82, 2.24) is 19.4 Å². The fraction of sp³-hybridized carbons (Fsp3) is 0.435. The molecule has 7 nitrogen and oxygen atoms in total. The predicted molar refractivity (Wildman–Crippen MR) is 123 cm³/mol. The maximum atomic E-state index is 13.4. The molecule has 1 fully saturated rings. The van der Waals surface area contributed by atoms with Crippen LogP contribution in [-0.2, 0) is 23.1 Å². The van der Waals surface area contributed by atoms with Gasteiger partial charge >= 0.3 is 0 Å². The van der Waals surface area contributed by atoms with Crippen molar-refractivity contribution in [3.63, 3.8) is 0 Å². The number of fused-ring (bicyclic) bond motifs is 1. The Labute approximate surface area is 185 Å². The van der Waals surface area contributed by atoms with Crippen LogP contribution >= 0.6 is 11.8 Å². The van der Waals surface area contributed by atoms with Crippen molar-refractivity contribution in [2.45, 2.75) is 43.4 Å². The van der Waals surface area contributed by atoms with Gasteiger partial charge in [0, 0.05) is 32.0 Å². The summed E-state index contributed by atoms with van der Waals surface area (Å²) < 4.78 is 8.65. The minimum atomic E-state index is -0.120. The SMILES string of the molecule is COCCn1c(SCC(=O)NC2CCCC2)nc2c(-c3ccccc3)cn(C)c2c1=O. The summed E-state index contributed by atoms with van der Waals surface area (Å²) in [5.74, 6) is 0.218. The van der Waals surface area contributed by atoms with Crippen LogP contribution in [0.25, 0.3) is 22.2 Å². The van der Waals surface area contributed by atoms with E-state index in [9.17, 15) is 9.59 Å². The Kier molecular flexibility index (Phi) is 6.77. The summed E-state index contributed by atoms with van der Waals surface area (Å²) in [4.78, 5) is 30.7. The number of hydrogen-bond acceptors (Lipinski definition) is 5. The average Bonchev–Trinajstić information content (AvgIpc) is 3.40. The van der Waals surface area contributed by atoms with Crippen LogP contribution in [-0.4, -0.2) is 45.5 Å². The Balaban J connectivity index is 1.69. The number of methoxy groups -OCH3 is 1. The number of benzene rings is 1. The molecule has 1 aliphatic carbocycles. The number of hydrogen-bond donors (Lipinski definition) is 1. The zero-order chi connectivity index (χ0) is 21.8. The van der Waals surface area contributed by atoms with Gasteiger partial charge in [-0.05, 0) is 18.4 Å². The van der Waals surface area contributed by atoms with Crippen LogP contribution < -0.4 is 10.9 Å². The normalized spacial score (nSPS) is 14.4. The summed E-state index contributed by atoms with van der Waals surface area (Å²) in [6.07, 6.45) is 6.37. The van der Waals surface area contributed by atoms with E-state index in [1.165, 1.54) is 24.6 Å². The van der Waals surface area contributed by atoms with Crippen molar-refractivity contribution < 1.29 is 9.53 Å². The lowest BCUT2D eigenvalue weighted by molar-refractivity contribution is -0.119. The Hall–Kier alpha value is -2.58. The molecule has 1 amide bonds. The molecule has 2 heterocycles. The Morgan fingerprint density at radius 2 is 2.00 bits per heavy atom. The highest BCUT2D eigenvalue weighted by Gasteiger charge is 2.21. The summed E-state index contributed by atoms with van der Waals surface area (Å²) in [5.41, 5.74) is 3.00. The van der Waals surface area contributed by atoms with Gasteiger partial charge in [0.2, 0.25) is 5.91 Å². The molecule has 1 aliphatic rings. The quantitative estimate of drug-likeness (QED) is 0.430. The van der Waals surface area contributed by atoms with Gasteiger partial charge in [-0.1, -0.05) is 54.9 Å². The number of nitrogens with zero attached hydrogens (tertiary/aromatic N) is 3. The van der Waals surface area contributed by atoms with E-state index in [0.717, 1.165) is 24.0 Å². The highest BCUT2D eigenvalue weighted by atomic mass is 32.2. The number of rotatable bonds is 8. The smallest absolute Gasteiger partial charge is 0.278 e. The third kappa shape index (κ3) is 4.70. The number of carbonyl (C=O) groups excluding carboxylic acids is 1. The summed E-state index contributed by atoms with van der Waals surface area (Å²) >= 11 is 1.31. The predicted octanol–water partition coefficient (Wildman–Crippen LogP) is 3.20. The van der Waals surface area contributed by atoms with E-state index < -0.39 is 0 Å². The van der Waals surface area contributed by atoms with Crippen molar-refractivity contribution in [3.8, 4) is 11.1 Å². The molecule has 0 spiro atoms. The number of carbonyl (C=O) groups is 1. The number of ether oxygens (including phenoxy) is 1. The van der Waals surface area contributed by atoms with E-state index in [1.807, 2.05) is 48.1 Å². The Morgan fingerprint density at radius 3 is 2.71 bits per heavy atom. The number of nitrogens with one attached hydrogen (secondary N) is 1. The number of aromatic nitrogens is 3. The fourth-order valence-corrected chi connectivity index (χ4v) is 4.97. The molecule has 1 N–H and O–H groups in total. The zero-order valence-electron chi connectivity index (χ0n) is 18.0. The highest BCUT2D eigenvalue weighted by Crippen LogP contribution is 2.29. The van der Waals surface area contributed by atoms with Gasteiger partial charge in [-0.25, -0.2) is 4.98 Å². The van der Waals surface area contributed by atoms with Crippen LogP contribution in [0.4, 0.5) is 0 Å². The summed E-state index contributed by atoms with van der Waals surface area (Å²) in [7, 11) is 3.47. The molecule has 0 saturated heterocycles. The number of amides is 1. The van der Waals surface area contributed by atoms with Gasteiger partial charge in [-0.3, -0.25) is 14.2 Å². The minimum Gasteiger partial charge on any atom is -0.383 e. The van der Waals surface area contributed by atoms with Crippen molar-refractivity contribution in [3.05, 3.63) is 46.9 Å². The van der Waals surface area contributed by atoms with Crippen molar-refractivity contribution in [2.75, 3.05) is 19.5 Å². The second-order valence-electron chi connectivity index (χ2n) is 7.90. The maximum Gasteiger partial charge on any atom is 0.278 e. The standard InChI is InChI=1S/C23H28N4O3S/c1-26-14-18(16-8-4-3-5-9-16)20-21(26)22(29)27(12-13-30-2)23(25-20)31-15-19(28)24-17-10-6-7-11-17/h3-5,8-9,14,17H,6-7,10-13,15H2,1-2H3,(H,24,28). The third-order valence-corrected chi connectivity index (χ3v) is 6.67. The summed E-state index contributed by atoms with van der Waals surface area (Å²) in [5, 5.41) is 3.64. The molecular formula is C23H28N4O3S. The first kappa shape index (κ1) is 21.6. The largest absolute Gasteiger partial charge is 0.383 e. The van der Waals surface area contributed by atoms with Crippen LogP contribution in [0.5, 0.6) is 0 Å². The molecule has 4 rings (SSSR count). The molecule has 8 heteroatoms. The molecule has 164 valence electrons. The van der Waals surface area contributed by atoms with Gasteiger partial charge in [0.1, 0.15) is 11.0 Å². The Morgan fingerprint density at radius 1 is 1.26 bits per heavy atom. The van der Waals surface area contributed by atoms with Gasteiger partial charge in [-0.2, -0.15) is 0 Å². The lowest BCUT2D eigenvalue weighted by Gasteiger charge is -2.14. The first-order valence-electron chi connectivity index (χ1n) is 10.6. The molecule has 0 aliphatic heterocycles. The summed E-state index contributed by atoms with van der Waals surface area (Å²) in [6.45, 7) is 0.779. The molecule has 0 unspecified atom stereocenters. The molecule has 2 aromatic heterocycles. The van der Waals surface area contributed by atoms with Crippen molar-refractivity contribution in [1.29, 1.82) is 0 Å². The molecule has 1 saturated carbocycles. The van der Waals surface area contributed by atoms with E-state index in [-0.39, 0.29) is 23.3 Å². The second-order valence-corrected chi connectivity index (χ2v) is 8.84. The topological polar surface area (TPSA) is 78.2 Å². The van der Waals surface area contributed by atoms with E-state index in [4.69, 9.17) is 9.72 Å². The van der Waals surface area contributed by atoms with Crippen molar-refractivity contribution in [2.24, 2.45) is 7.05 Å². The number of aryl methyl sites for hydroxylation is 1. The second kappa shape index (κ2) is 9.70. The first-order valence-corrected chi connectivity index (χ1v) is 11.6. The van der Waals surface area contributed by atoms with E-state index >= 15 is 0 Å². The van der Waals surface area contributed by atoms with Crippen LogP contribution in [0.1, 0.15) is 25.7 Å². The molecule has 1 aromatic carbocycles. The monoisotopic (exact) mass is 440 g/mol. The van der Waals surface area contributed by atoms with Crippen LogP contribution in [0, 0.1) is 0 Å². The minimum absolute atomic E-state index is 0.0131. The van der Waals surface area contributed by atoms with Gasteiger partial charge < -0.3 is 14.6 Å². The molecule has 0 bridgehead atoms. The van der Waals surface area contributed by atoms with Crippen LogP contribution in [0.15, 0.2) is 46.5 Å². The average molecular weight is 441 g/mol. The van der Waals surface area contributed by atoms with Crippen LogP contribution in [0.3, 0.4) is 0 Å². The highest BCUT2D eigenvalue weighted by molar-refractivity contribution is 7.99. The molecule has 31 heavy (non-hydrogen) atoms. The molecular weight excluding hydrogens is 412 g/mol. The Bertz CT molecular complexity index is 1120. The fourth-order valence-electron chi connectivity index (χ4n) is 4.14. The van der Waals surface area contributed by atoms with Gasteiger partial charge in [0.25, 0.3) is 5.56 Å².